The molecule has 1 aliphatic heterocycles. The first-order valence-electron chi connectivity index (χ1n) is 13.7. The summed E-state index contributed by atoms with van der Waals surface area (Å²) in [6.07, 6.45) is 7.00. The Balaban J connectivity index is 1.37. The molecule has 1 aromatic rings. The van der Waals surface area contributed by atoms with Crippen LogP contribution in [0.2, 0.25) is 0 Å². The Hall–Kier alpha value is -2.08. The van der Waals surface area contributed by atoms with E-state index >= 15 is 0 Å². The molecule has 0 radical (unpaired) electrons. The van der Waals surface area contributed by atoms with Gasteiger partial charge in [0.1, 0.15) is 11.9 Å². The summed E-state index contributed by atoms with van der Waals surface area (Å²) in [4.78, 5) is 24.3. The number of carbonyl (C=O) groups is 2. The van der Waals surface area contributed by atoms with E-state index in [4.69, 9.17) is 9.15 Å². The molecule has 1 saturated heterocycles. The van der Waals surface area contributed by atoms with Crippen LogP contribution in [-0.2, 0) is 20.7 Å². The molecule has 4 saturated carbocycles. The Morgan fingerprint density at radius 3 is 2.67 bits per heavy atom. The third-order valence-electron chi connectivity index (χ3n) is 12.2. The topological polar surface area (TPSA) is 97.0 Å². The minimum atomic E-state index is -0.809. The predicted molar refractivity (Wildman–Crippen MR) is 133 cm³/mol. The van der Waals surface area contributed by atoms with Crippen molar-refractivity contribution in [2.45, 2.75) is 91.3 Å². The molecule has 10 atom stereocenters. The Morgan fingerprint density at radius 2 is 2.00 bits per heavy atom. The van der Waals surface area contributed by atoms with Crippen molar-refractivity contribution in [3.05, 3.63) is 35.8 Å². The van der Waals surface area contributed by atoms with E-state index in [1.165, 1.54) is 0 Å². The number of esters is 1. The number of hydrogen-bond donors (Lipinski definition) is 2. The van der Waals surface area contributed by atoms with E-state index in [1.54, 1.807) is 0 Å². The van der Waals surface area contributed by atoms with Gasteiger partial charge in [-0.1, -0.05) is 27.4 Å². The van der Waals surface area contributed by atoms with Crippen LogP contribution in [0.4, 0.5) is 0 Å². The Morgan fingerprint density at radius 1 is 1.25 bits per heavy atom. The molecular formula is C30H40O6. The van der Waals surface area contributed by atoms with Gasteiger partial charge in [0.2, 0.25) is 0 Å². The summed E-state index contributed by atoms with van der Waals surface area (Å²) in [5.74, 6) is 0.474. The van der Waals surface area contributed by atoms with Gasteiger partial charge in [-0.2, -0.15) is 0 Å². The second-order valence-corrected chi connectivity index (χ2v) is 13.5. The molecule has 6 heteroatoms. The fraction of sp³-hybridized carbons (Fsp3) is 0.733. The molecule has 1 spiro atoms. The van der Waals surface area contributed by atoms with Gasteiger partial charge in [-0.25, -0.2) is 4.79 Å². The van der Waals surface area contributed by atoms with Crippen LogP contribution < -0.4 is 0 Å². The van der Waals surface area contributed by atoms with E-state index < -0.39 is 24.1 Å². The summed E-state index contributed by atoms with van der Waals surface area (Å²) < 4.78 is 11.6. The smallest absolute Gasteiger partial charge is 0.334 e. The summed E-state index contributed by atoms with van der Waals surface area (Å²) >= 11 is 0. The number of fused-ring (bicyclic) bond motifs is 4. The number of carbonyl (C=O) groups excluding carboxylic acids is 1. The molecule has 2 N–H and O–H groups in total. The number of ether oxygens (including phenoxy) is 1. The lowest BCUT2D eigenvalue weighted by atomic mass is 9.42. The van der Waals surface area contributed by atoms with Crippen LogP contribution in [0.15, 0.2) is 28.9 Å². The Bertz CT molecular complexity index is 1140. The molecule has 6 nitrogen and oxygen atoms in total. The van der Waals surface area contributed by atoms with Crippen molar-refractivity contribution < 1.29 is 29.0 Å². The maximum Gasteiger partial charge on any atom is 0.334 e. The molecule has 5 aliphatic rings. The first kappa shape index (κ1) is 24.3. The summed E-state index contributed by atoms with van der Waals surface area (Å²) in [5.41, 5.74) is 1.05. The highest BCUT2D eigenvalue weighted by atomic mass is 16.6. The quantitative estimate of drug-likeness (QED) is 0.409. The van der Waals surface area contributed by atoms with Crippen LogP contribution in [-0.4, -0.2) is 34.4 Å². The fourth-order valence-electron chi connectivity index (χ4n) is 10.6. The van der Waals surface area contributed by atoms with Gasteiger partial charge in [-0.3, -0.25) is 4.79 Å². The van der Waals surface area contributed by atoms with Crippen molar-refractivity contribution >= 4 is 11.9 Å². The van der Waals surface area contributed by atoms with E-state index in [0.717, 1.165) is 49.8 Å². The van der Waals surface area contributed by atoms with Crippen LogP contribution in [0.3, 0.4) is 0 Å². The fourth-order valence-corrected chi connectivity index (χ4v) is 10.6. The number of aliphatic hydroxyl groups is 1. The number of rotatable bonds is 6. The van der Waals surface area contributed by atoms with E-state index in [9.17, 15) is 19.8 Å². The van der Waals surface area contributed by atoms with Gasteiger partial charge in [-0.05, 0) is 90.6 Å². The van der Waals surface area contributed by atoms with Gasteiger partial charge in [0, 0.05) is 30.3 Å². The molecule has 2 heterocycles. The van der Waals surface area contributed by atoms with Crippen molar-refractivity contribution in [3.63, 3.8) is 0 Å². The van der Waals surface area contributed by atoms with Crippen molar-refractivity contribution in [2.24, 2.45) is 45.3 Å². The summed E-state index contributed by atoms with van der Waals surface area (Å²) in [6.45, 7) is 13.3. The van der Waals surface area contributed by atoms with Gasteiger partial charge < -0.3 is 19.4 Å². The standard InChI is InChI=1S/C30H40O6/c1-16-12-19(35-14-16)13-17(2)20-6-8-28(5)25-23(33)24-22(18(3)26(34)36-24)29(9-7-21(31)32)15-30(25,29)11-10-27(20,28)4/h12,14,17,20,22-25,33H,3,6-11,13,15H2,1-2,4-5H3,(H,31,32). The Kier molecular flexibility index (Phi) is 5.05. The zero-order valence-corrected chi connectivity index (χ0v) is 22.0. The molecule has 0 bridgehead atoms. The second-order valence-electron chi connectivity index (χ2n) is 13.5. The van der Waals surface area contributed by atoms with E-state index in [0.29, 0.717) is 23.8 Å². The molecule has 10 unspecified atom stereocenters. The molecule has 1 aromatic heterocycles. The first-order chi connectivity index (χ1) is 16.9. The maximum atomic E-state index is 12.7. The highest BCUT2D eigenvalue weighted by molar-refractivity contribution is 5.91. The van der Waals surface area contributed by atoms with Gasteiger partial charge in [-0.15, -0.1) is 0 Å². The van der Waals surface area contributed by atoms with Crippen molar-refractivity contribution in [1.29, 1.82) is 0 Å². The third-order valence-corrected chi connectivity index (χ3v) is 12.2. The van der Waals surface area contributed by atoms with Crippen LogP contribution in [0.25, 0.3) is 0 Å². The zero-order valence-electron chi connectivity index (χ0n) is 22.0. The van der Waals surface area contributed by atoms with E-state index in [2.05, 4.69) is 40.3 Å². The SMILES string of the molecule is C=C1C(=O)OC2C(O)C3C4(C)CCC(C(C)Cc5cc(C)co5)C4(C)CCC34CC4(CCC(=O)O)C12. The lowest BCUT2D eigenvalue weighted by Gasteiger charge is -2.62. The molecule has 196 valence electrons. The van der Waals surface area contributed by atoms with Gasteiger partial charge in [0.25, 0.3) is 0 Å². The number of carboxylic acids is 1. The number of hydrogen-bond acceptors (Lipinski definition) is 5. The zero-order chi connectivity index (χ0) is 25.8. The summed E-state index contributed by atoms with van der Waals surface area (Å²) in [6, 6.07) is 2.14. The number of carboxylic acid groups (broad SMARTS) is 1. The van der Waals surface area contributed by atoms with E-state index in [-0.39, 0.29) is 39.9 Å². The lowest BCUT2D eigenvalue weighted by molar-refractivity contribution is -0.203. The average Bonchev–Trinajstić information content (AvgIpc) is 2.99. The largest absolute Gasteiger partial charge is 0.481 e. The Labute approximate surface area is 213 Å². The highest BCUT2D eigenvalue weighted by Gasteiger charge is 2.85. The molecule has 6 rings (SSSR count). The summed E-state index contributed by atoms with van der Waals surface area (Å²) in [5, 5.41) is 21.5. The van der Waals surface area contributed by atoms with Crippen molar-refractivity contribution in [2.75, 3.05) is 0 Å². The average molecular weight is 497 g/mol. The monoisotopic (exact) mass is 496 g/mol. The van der Waals surface area contributed by atoms with Crippen molar-refractivity contribution in [1.82, 2.24) is 0 Å². The highest BCUT2D eigenvalue weighted by Crippen LogP contribution is 2.88. The van der Waals surface area contributed by atoms with Gasteiger partial charge >= 0.3 is 11.9 Å². The number of aliphatic hydroxyl groups excluding tert-OH is 1. The van der Waals surface area contributed by atoms with Crippen LogP contribution in [0.5, 0.6) is 0 Å². The minimum Gasteiger partial charge on any atom is -0.481 e. The molecule has 5 fully saturated rings. The van der Waals surface area contributed by atoms with Gasteiger partial charge in [0.05, 0.1) is 12.4 Å². The maximum absolute atomic E-state index is 12.7. The van der Waals surface area contributed by atoms with Crippen LogP contribution in [0.1, 0.15) is 77.0 Å². The molecule has 4 aliphatic carbocycles. The minimum absolute atomic E-state index is 0.0134. The van der Waals surface area contributed by atoms with Crippen LogP contribution >= 0.6 is 0 Å². The summed E-state index contributed by atoms with van der Waals surface area (Å²) in [7, 11) is 0. The van der Waals surface area contributed by atoms with Gasteiger partial charge in [0.15, 0.2) is 0 Å². The van der Waals surface area contributed by atoms with Crippen molar-refractivity contribution in [3.8, 4) is 0 Å². The predicted octanol–water partition coefficient (Wildman–Crippen LogP) is 5.31. The molecule has 0 aromatic carbocycles. The molecular weight excluding hydrogens is 456 g/mol. The van der Waals surface area contributed by atoms with E-state index in [1.807, 2.05) is 6.26 Å². The first-order valence-corrected chi connectivity index (χ1v) is 13.7. The number of furan rings is 1. The lowest BCUT2D eigenvalue weighted by Crippen LogP contribution is -2.62. The molecule has 0 amide bonds. The normalized spacial score (nSPS) is 47.4. The third kappa shape index (κ3) is 2.83. The molecule has 36 heavy (non-hydrogen) atoms. The number of aryl methyl sites for hydroxylation is 1. The number of aliphatic carboxylic acids is 1. The second kappa shape index (κ2) is 7.49. The van der Waals surface area contributed by atoms with Crippen LogP contribution in [0, 0.1) is 52.3 Å².